The van der Waals surface area contributed by atoms with Gasteiger partial charge in [-0.15, -0.1) is 10.2 Å². The highest BCUT2D eigenvalue weighted by Gasteiger charge is 2.29. The van der Waals surface area contributed by atoms with Crippen LogP contribution in [0.5, 0.6) is 0 Å². The van der Waals surface area contributed by atoms with Crippen molar-refractivity contribution < 1.29 is 8.78 Å². The molecule has 2 aliphatic rings. The molecular weight excluding hydrogens is 376 g/mol. The number of likely N-dealkylation sites (N-methyl/N-ethyl adjacent to an activating group) is 1. The van der Waals surface area contributed by atoms with E-state index in [0.717, 1.165) is 32.2 Å². The Hall–Kier alpha value is -3.20. The van der Waals surface area contributed by atoms with Crippen LogP contribution < -0.4 is 4.90 Å². The molecule has 0 saturated carbocycles. The van der Waals surface area contributed by atoms with E-state index in [1.54, 1.807) is 22.9 Å². The first-order valence-corrected chi connectivity index (χ1v) is 9.45. The second-order valence-corrected chi connectivity index (χ2v) is 7.21. The first-order chi connectivity index (χ1) is 14.1. The summed E-state index contributed by atoms with van der Waals surface area (Å²) in [5.41, 5.74) is 1.55. The molecule has 1 saturated heterocycles. The second-order valence-electron chi connectivity index (χ2n) is 7.21. The summed E-state index contributed by atoms with van der Waals surface area (Å²) in [4.78, 5) is 13.2. The van der Waals surface area contributed by atoms with Gasteiger partial charge in [0.1, 0.15) is 12.4 Å². The number of hydrogen-bond acceptors (Lipinski definition) is 6. The topological polar surface area (TPSA) is 62.4 Å². The average Bonchev–Trinajstić information content (AvgIpc) is 3.05. The molecule has 7 nitrogen and oxygen atoms in total. The van der Waals surface area contributed by atoms with E-state index >= 15 is 4.39 Å². The van der Waals surface area contributed by atoms with Gasteiger partial charge in [-0.2, -0.15) is 0 Å². The highest BCUT2D eigenvalue weighted by molar-refractivity contribution is 6.14. The van der Waals surface area contributed by atoms with Crippen LogP contribution in [0.25, 0.3) is 5.69 Å². The molecule has 1 fully saturated rings. The monoisotopic (exact) mass is 395 g/mol. The summed E-state index contributed by atoms with van der Waals surface area (Å²) in [6.45, 7) is 3.44. The Bertz CT molecular complexity index is 1090. The predicted octanol–water partition coefficient (Wildman–Crippen LogP) is 2.04. The molecule has 0 spiro atoms. The molecule has 2 aliphatic heterocycles. The molecule has 0 aliphatic carbocycles. The number of benzene rings is 1. The molecule has 3 aromatic rings. The normalized spacial score (nSPS) is 16.8. The van der Waals surface area contributed by atoms with Crippen LogP contribution in [0.4, 0.5) is 14.7 Å². The highest BCUT2D eigenvalue weighted by atomic mass is 19.1. The summed E-state index contributed by atoms with van der Waals surface area (Å²) in [6, 6.07) is 7.57. The molecule has 0 N–H and O–H groups in total. The summed E-state index contributed by atoms with van der Waals surface area (Å²) in [5.74, 6) is -0.279. The van der Waals surface area contributed by atoms with Gasteiger partial charge in [0.15, 0.2) is 11.6 Å². The molecule has 5 rings (SSSR count). The van der Waals surface area contributed by atoms with Crippen molar-refractivity contribution in [3.63, 3.8) is 0 Å². The van der Waals surface area contributed by atoms with Crippen molar-refractivity contribution in [1.82, 2.24) is 24.6 Å². The number of aromatic nitrogens is 4. The molecule has 148 valence electrons. The van der Waals surface area contributed by atoms with Gasteiger partial charge in [0.05, 0.1) is 17.1 Å². The maximum atomic E-state index is 15.1. The minimum absolute atomic E-state index is 0.197. The summed E-state index contributed by atoms with van der Waals surface area (Å²) in [7, 11) is 2.06. The third-order valence-electron chi connectivity index (χ3n) is 5.29. The van der Waals surface area contributed by atoms with Crippen LogP contribution in [0.2, 0.25) is 0 Å². The van der Waals surface area contributed by atoms with Crippen molar-refractivity contribution in [3.05, 3.63) is 65.2 Å². The zero-order chi connectivity index (χ0) is 20.0. The number of piperazine rings is 1. The number of hydrogen-bond donors (Lipinski definition) is 0. The van der Waals surface area contributed by atoms with Crippen molar-refractivity contribution in [3.8, 4) is 5.69 Å². The minimum Gasteiger partial charge on any atom is -0.338 e. The number of aliphatic imine (C=N–C) groups is 1. The number of nitrogens with zero attached hydrogens (tertiary/aromatic N) is 7. The Morgan fingerprint density at radius 2 is 1.83 bits per heavy atom. The van der Waals surface area contributed by atoms with Gasteiger partial charge in [0, 0.05) is 44.0 Å². The molecule has 1 aromatic carbocycles. The molecular formula is C20H19F2N7. The van der Waals surface area contributed by atoms with Crippen LogP contribution in [0, 0.1) is 11.6 Å². The van der Waals surface area contributed by atoms with Crippen molar-refractivity contribution in [2.45, 2.75) is 6.54 Å². The Labute approximate surface area is 166 Å². The largest absolute Gasteiger partial charge is 0.338 e. The van der Waals surface area contributed by atoms with Crippen molar-refractivity contribution in [2.24, 2.45) is 4.99 Å². The van der Waals surface area contributed by atoms with Crippen molar-refractivity contribution in [1.29, 1.82) is 0 Å². The number of anilines is 1. The zero-order valence-corrected chi connectivity index (χ0v) is 15.9. The molecule has 0 atom stereocenters. The van der Waals surface area contributed by atoms with Gasteiger partial charge < -0.3 is 9.80 Å². The van der Waals surface area contributed by atoms with E-state index in [2.05, 4.69) is 37.0 Å². The van der Waals surface area contributed by atoms with E-state index < -0.39 is 11.6 Å². The fourth-order valence-corrected chi connectivity index (χ4v) is 3.78. The van der Waals surface area contributed by atoms with Crippen molar-refractivity contribution >= 4 is 11.7 Å². The fraction of sp³-hybridized carbons (Fsp3) is 0.300. The van der Waals surface area contributed by atoms with E-state index in [1.807, 2.05) is 6.07 Å². The molecule has 0 radical (unpaired) electrons. The third kappa shape index (κ3) is 3.07. The standard InChI is InChI=1S/C20H19F2N7/c1-27-6-8-28(9-7-27)20-26-25-17-12-24-18(16-4-2-3-5-23-16)14-10-13(21)11-15(22)19(14)29(17)20/h2-5,10-11H,6-9,12H2,1H3. The van der Waals surface area contributed by atoms with Gasteiger partial charge in [-0.1, -0.05) is 6.07 Å². The van der Waals surface area contributed by atoms with Gasteiger partial charge in [0.2, 0.25) is 5.95 Å². The fourth-order valence-electron chi connectivity index (χ4n) is 3.78. The number of halogens is 2. The maximum Gasteiger partial charge on any atom is 0.232 e. The van der Waals surface area contributed by atoms with E-state index in [1.165, 1.54) is 6.07 Å². The van der Waals surface area contributed by atoms with E-state index in [-0.39, 0.29) is 12.2 Å². The van der Waals surface area contributed by atoms with Gasteiger partial charge in [-0.05, 0) is 25.2 Å². The van der Waals surface area contributed by atoms with Gasteiger partial charge in [-0.3, -0.25) is 14.5 Å². The lowest BCUT2D eigenvalue weighted by atomic mass is 10.0. The molecule has 0 unspecified atom stereocenters. The van der Waals surface area contributed by atoms with Crippen molar-refractivity contribution in [2.75, 3.05) is 38.1 Å². The lowest BCUT2D eigenvalue weighted by Gasteiger charge is -2.33. The van der Waals surface area contributed by atoms with E-state index in [9.17, 15) is 4.39 Å². The Kier molecular flexibility index (Phi) is 4.31. The van der Waals surface area contributed by atoms with Crippen LogP contribution in [0.3, 0.4) is 0 Å². The second kappa shape index (κ2) is 7.00. The first kappa shape index (κ1) is 17.9. The first-order valence-electron chi connectivity index (χ1n) is 9.45. The summed E-state index contributed by atoms with van der Waals surface area (Å²) >= 11 is 0. The smallest absolute Gasteiger partial charge is 0.232 e. The summed E-state index contributed by atoms with van der Waals surface area (Å²) in [6.07, 6.45) is 1.63. The molecule has 4 heterocycles. The van der Waals surface area contributed by atoms with Crippen LogP contribution >= 0.6 is 0 Å². The van der Waals surface area contributed by atoms with Crippen LogP contribution in [0.15, 0.2) is 41.5 Å². The Balaban J connectivity index is 1.70. The molecule has 0 bridgehead atoms. The average molecular weight is 395 g/mol. The van der Waals surface area contributed by atoms with Crippen LogP contribution in [-0.4, -0.2) is 63.6 Å². The maximum absolute atomic E-state index is 15.1. The lowest BCUT2D eigenvalue weighted by molar-refractivity contribution is 0.310. The molecule has 9 heteroatoms. The number of fused-ring (bicyclic) bond motifs is 3. The van der Waals surface area contributed by atoms with Gasteiger partial charge >= 0.3 is 0 Å². The predicted molar refractivity (Wildman–Crippen MR) is 105 cm³/mol. The quantitative estimate of drug-likeness (QED) is 0.665. The SMILES string of the molecule is CN1CCN(c2nnc3n2-c2c(F)cc(F)cc2C(c2ccccn2)=NC3)CC1. The Morgan fingerprint density at radius 3 is 2.59 bits per heavy atom. The summed E-state index contributed by atoms with van der Waals surface area (Å²) in [5, 5.41) is 8.59. The molecule has 29 heavy (non-hydrogen) atoms. The highest BCUT2D eigenvalue weighted by Crippen LogP contribution is 2.31. The van der Waals surface area contributed by atoms with Crippen LogP contribution in [-0.2, 0) is 6.54 Å². The number of rotatable bonds is 2. The summed E-state index contributed by atoms with van der Waals surface area (Å²) < 4.78 is 31.0. The number of pyridine rings is 1. The molecule has 0 amide bonds. The van der Waals surface area contributed by atoms with E-state index in [0.29, 0.717) is 28.7 Å². The third-order valence-corrected chi connectivity index (χ3v) is 5.29. The molecule has 2 aromatic heterocycles. The lowest BCUT2D eigenvalue weighted by Crippen LogP contribution is -2.45. The Morgan fingerprint density at radius 1 is 1.00 bits per heavy atom. The van der Waals surface area contributed by atoms with Gasteiger partial charge in [-0.25, -0.2) is 8.78 Å². The van der Waals surface area contributed by atoms with Gasteiger partial charge in [0.25, 0.3) is 0 Å². The van der Waals surface area contributed by atoms with E-state index in [4.69, 9.17) is 0 Å². The zero-order valence-electron chi connectivity index (χ0n) is 15.9. The van der Waals surface area contributed by atoms with Crippen LogP contribution in [0.1, 0.15) is 17.1 Å². The minimum atomic E-state index is -0.679.